The Morgan fingerprint density at radius 2 is 1.71 bits per heavy atom. The Balaban J connectivity index is 1.63. The first kappa shape index (κ1) is 20.1. The van der Waals surface area contributed by atoms with Crippen LogP contribution in [0.4, 0.5) is 4.79 Å². The Labute approximate surface area is 182 Å². The summed E-state index contributed by atoms with van der Waals surface area (Å²) in [5, 5.41) is 12.4. The lowest BCUT2D eigenvalue weighted by Gasteiger charge is -2.56. The van der Waals surface area contributed by atoms with Gasteiger partial charge < -0.3 is 9.84 Å². The molecule has 0 unspecified atom stereocenters. The van der Waals surface area contributed by atoms with Crippen molar-refractivity contribution in [1.82, 2.24) is 9.80 Å². The number of nitrogens with zero attached hydrogens (tertiary/aromatic N) is 2. The van der Waals surface area contributed by atoms with Crippen molar-refractivity contribution < 1.29 is 19.4 Å². The molecule has 0 aromatic heterocycles. The molecule has 6 nitrogen and oxygen atoms in total. The van der Waals surface area contributed by atoms with Gasteiger partial charge in [-0.15, -0.1) is 0 Å². The monoisotopic (exact) mass is 420 g/mol. The molecule has 4 atom stereocenters. The fraction of sp³-hybridized carbons (Fsp3) is 0.440. The Morgan fingerprint density at radius 1 is 1.03 bits per heavy atom. The molecule has 2 aromatic rings. The van der Waals surface area contributed by atoms with Crippen LogP contribution < -0.4 is 4.74 Å². The standard InChI is InChI=1S/C25H28N2O4/c1-17(18-9-5-4-6-10-18)15-23-13-14-24(16-19-11-7-8-12-20(19)31-24)25(23,30)27(3)22(29)26(2)21(23)28/h4-12,17,30H,13-16H2,1-3H3/t17-,23-,24-,25+/m1/s1. The van der Waals surface area contributed by atoms with Crippen LogP contribution in [0.2, 0.25) is 0 Å². The third-order valence-electron chi connectivity index (χ3n) is 7.81. The molecule has 3 aliphatic rings. The fourth-order valence-corrected chi connectivity index (χ4v) is 6.25. The topological polar surface area (TPSA) is 70.1 Å². The van der Waals surface area contributed by atoms with Crippen molar-refractivity contribution in [3.63, 3.8) is 0 Å². The fourth-order valence-electron chi connectivity index (χ4n) is 6.25. The molecular formula is C25H28N2O4. The molecule has 1 N–H and O–H groups in total. The van der Waals surface area contributed by atoms with Gasteiger partial charge in [-0.05, 0) is 42.4 Å². The predicted molar refractivity (Wildman–Crippen MR) is 116 cm³/mol. The van der Waals surface area contributed by atoms with E-state index in [1.165, 1.54) is 11.9 Å². The summed E-state index contributed by atoms with van der Waals surface area (Å²) in [7, 11) is 3.09. The number of benzene rings is 2. The van der Waals surface area contributed by atoms with E-state index in [0.29, 0.717) is 25.7 Å². The van der Waals surface area contributed by atoms with Crippen LogP contribution in [0.3, 0.4) is 0 Å². The lowest BCUT2D eigenvalue weighted by Crippen LogP contribution is -2.78. The van der Waals surface area contributed by atoms with Crippen molar-refractivity contribution in [3.05, 3.63) is 65.7 Å². The van der Waals surface area contributed by atoms with Gasteiger partial charge in [0.25, 0.3) is 0 Å². The number of carbonyl (C=O) groups excluding carboxylic acids is 2. The molecule has 0 bridgehead atoms. The maximum atomic E-state index is 13.7. The number of hydrogen-bond acceptors (Lipinski definition) is 4. The summed E-state index contributed by atoms with van der Waals surface area (Å²) in [6.45, 7) is 2.07. The average Bonchev–Trinajstić information content (AvgIpc) is 3.29. The Hall–Kier alpha value is -2.86. The molecule has 2 aliphatic heterocycles. The Morgan fingerprint density at radius 3 is 2.42 bits per heavy atom. The first-order valence-electron chi connectivity index (χ1n) is 10.9. The molecule has 2 fully saturated rings. The summed E-state index contributed by atoms with van der Waals surface area (Å²) in [6, 6.07) is 17.2. The van der Waals surface area contributed by atoms with Crippen LogP contribution in [0.25, 0.3) is 0 Å². The normalized spacial score (nSPS) is 32.8. The van der Waals surface area contributed by atoms with Crippen LogP contribution in [0.5, 0.6) is 5.75 Å². The first-order valence-corrected chi connectivity index (χ1v) is 10.9. The van der Waals surface area contributed by atoms with Gasteiger partial charge in [-0.1, -0.05) is 55.5 Å². The molecule has 1 saturated heterocycles. The highest BCUT2D eigenvalue weighted by molar-refractivity contribution is 6.01. The molecule has 162 valence electrons. The molecule has 1 aliphatic carbocycles. The van der Waals surface area contributed by atoms with Crippen LogP contribution in [0, 0.1) is 5.41 Å². The molecule has 1 spiro atoms. The molecular weight excluding hydrogens is 392 g/mol. The number of fused-ring (bicyclic) bond motifs is 3. The van der Waals surface area contributed by atoms with E-state index in [1.807, 2.05) is 54.6 Å². The van der Waals surface area contributed by atoms with E-state index in [-0.39, 0.29) is 11.8 Å². The van der Waals surface area contributed by atoms with Crippen molar-refractivity contribution in [2.75, 3.05) is 14.1 Å². The number of carbonyl (C=O) groups is 2. The van der Waals surface area contributed by atoms with Gasteiger partial charge in [0.15, 0.2) is 11.3 Å². The number of urea groups is 1. The minimum Gasteiger partial charge on any atom is -0.482 e. The smallest absolute Gasteiger partial charge is 0.328 e. The summed E-state index contributed by atoms with van der Waals surface area (Å²) in [5.74, 6) is 0.415. The summed E-state index contributed by atoms with van der Waals surface area (Å²) in [5.41, 5.74) is -1.85. The second kappa shape index (κ2) is 6.57. The van der Waals surface area contributed by atoms with Crippen LogP contribution in [-0.2, 0) is 11.2 Å². The second-order valence-corrected chi connectivity index (χ2v) is 9.36. The predicted octanol–water partition coefficient (Wildman–Crippen LogP) is 3.55. The zero-order valence-electron chi connectivity index (χ0n) is 18.2. The number of amides is 3. The summed E-state index contributed by atoms with van der Waals surface area (Å²) < 4.78 is 6.43. The first-order chi connectivity index (χ1) is 14.8. The minimum atomic E-state index is -1.75. The van der Waals surface area contributed by atoms with E-state index >= 15 is 0 Å². The molecule has 0 radical (unpaired) electrons. The van der Waals surface area contributed by atoms with Crippen molar-refractivity contribution in [1.29, 1.82) is 0 Å². The van der Waals surface area contributed by atoms with Gasteiger partial charge in [0.1, 0.15) is 11.2 Å². The number of para-hydroxylation sites is 1. The van der Waals surface area contributed by atoms with Gasteiger partial charge >= 0.3 is 6.03 Å². The van der Waals surface area contributed by atoms with Crippen molar-refractivity contribution >= 4 is 11.9 Å². The number of imide groups is 1. The summed E-state index contributed by atoms with van der Waals surface area (Å²) >= 11 is 0. The number of likely N-dealkylation sites (N-methyl/N-ethyl adjacent to an activating group) is 1. The Kier molecular flexibility index (Phi) is 4.25. The quantitative estimate of drug-likeness (QED) is 0.825. The molecule has 6 heteroatoms. The van der Waals surface area contributed by atoms with Crippen LogP contribution in [-0.4, -0.2) is 52.3 Å². The van der Waals surface area contributed by atoms with Gasteiger partial charge in [0.2, 0.25) is 5.91 Å². The number of ether oxygens (including phenoxy) is 1. The van der Waals surface area contributed by atoms with Crippen LogP contribution in [0.1, 0.15) is 43.2 Å². The number of hydrogen-bond donors (Lipinski definition) is 1. The highest BCUT2D eigenvalue weighted by atomic mass is 16.5. The third kappa shape index (κ3) is 2.42. The van der Waals surface area contributed by atoms with E-state index in [1.54, 1.807) is 7.05 Å². The van der Waals surface area contributed by atoms with Gasteiger partial charge in [-0.3, -0.25) is 14.6 Å². The number of aliphatic hydroxyl groups is 1. The molecule has 3 amide bonds. The van der Waals surface area contributed by atoms with E-state index in [2.05, 4.69) is 6.92 Å². The minimum absolute atomic E-state index is 0.0191. The van der Waals surface area contributed by atoms with Crippen LogP contribution >= 0.6 is 0 Å². The van der Waals surface area contributed by atoms with Crippen molar-refractivity contribution in [2.45, 2.75) is 49.9 Å². The SMILES string of the molecule is C[C@H](C[C@@]12CC[C@@]3(Cc4ccccc4O3)[C@]1(O)N(C)C(=O)N(C)C2=O)c1ccccc1. The Bertz CT molecular complexity index is 1030. The van der Waals surface area contributed by atoms with Gasteiger partial charge in [0.05, 0.1) is 0 Å². The van der Waals surface area contributed by atoms with Gasteiger partial charge in [0, 0.05) is 20.5 Å². The molecule has 31 heavy (non-hydrogen) atoms. The lowest BCUT2D eigenvalue weighted by atomic mass is 9.66. The van der Waals surface area contributed by atoms with Gasteiger partial charge in [-0.2, -0.15) is 0 Å². The van der Waals surface area contributed by atoms with E-state index in [9.17, 15) is 14.7 Å². The second-order valence-electron chi connectivity index (χ2n) is 9.36. The zero-order chi connectivity index (χ0) is 22.0. The molecule has 2 aromatic carbocycles. The van der Waals surface area contributed by atoms with Crippen molar-refractivity contribution in [2.24, 2.45) is 5.41 Å². The number of rotatable bonds is 3. The van der Waals surface area contributed by atoms with E-state index in [4.69, 9.17) is 4.74 Å². The largest absolute Gasteiger partial charge is 0.482 e. The highest BCUT2D eigenvalue weighted by Crippen LogP contribution is 2.63. The summed E-state index contributed by atoms with van der Waals surface area (Å²) in [6.07, 6.45) is 1.85. The lowest BCUT2D eigenvalue weighted by molar-refractivity contribution is -0.242. The van der Waals surface area contributed by atoms with Crippen molar-refractivity contribution in [3.8, 4) is 5.75 Å². The zero-order valence-corrected chi connectivity index (χ0v) is 18.2. The van der Waals surface area contributed by atoms with Crippen LogP contribution in [0.15, 0.2) is 54.6 Å². The maximum Gasteiger partial charge on any atom is 0.328 e. The summed E-state index contributed by atoms with van der Waals surface area (Å²) in [4.78, 5) is 29.3. The third-order valence-corrected chi connectivity index (χ3v) is 7.81. The van der Waals surface area contributed by atoms with Gasteiger partial charge in [-0.25, -0.2) is 4.79 Å². The molecule has 2 heterocycles. The highest BCUT2D eigenvalue weighted by Gasteiger charge is 2.78. The van der Waals surface area contributed by atoms with E-state index < -0.39 is 22.8 Å². The molecule has 1 saturated carbocycles. The maximum absolute atomic E-state index is 13.7. The molecule has 5 rings (SSSR count). The van der Waals surface area contributed by atoms with E-state index in [0.717, 1.165) is 21.8 Å². The average molecular weight is 421 g/mol.